The van der Waals surface area contributed by atoms with Crippen LogP contribution in [-0.2, 0) is 0 Å². The molecule has 1 unspecified atom stereocenters. The molecule has 4 heteroatoms. The highest BCUT2D eigenvalue weighted by atomic mass is 79.9. The van der Waals surface area contributed by atoms with Crippen molar-refractivity contribution in [1.29, 1.82) is 0 Å². The lowest BCUT2D eigenvalue weighted by Crippen LogP contribution is -2.12. The monoisotopic (exact) mass is 341 g/mol. The number of rotatable bonds is 4. The highest BCUT2D eigenvalue weighted by Gasteiger charge is 2.06. The highest BCUT2D eigenvalue weighted by Crippen LogP contribution is 2.26. The van der Waals surface area contributed by atoms with Gasteiger partial charge in [-0.15, -0.1) is 11.8 Å². The van der Waals surface area contributed by atoms with E-state index in [1.54, 1.807) is 11.8 Å². The molecule has 2 rings (SSSR count). The summed E-state index contributed by atoms with van der Waals surface area (Å²) >= 11 is 11.1. The molecule has 0 radical (unpaired) electrons. The topological polar surface area (TPSA) is 26.0 Å². The fourth-order valence-electron chi connectivity index (χ4n) is 1.55. The molecule has 0 aliphatic carbocycles. The van der Waals surface area contributed by atoms with Crippen molar-refractivity contribution in [3.63, 3.8) is 0 Å². The van der Waals surface area contributed by atoms with E-state index < -0.39 is 0 Å². The van der Waals surface area contributed by atoms with Crippen molar-refractivity contribution in [2.24, 2.45) is 5.73 Å². The average Bonchev–Trinajstić information content (AvgIpc) is 2.37. The molecule has 0 saturated carbocycles. The van der Waals surface area contributed by atoms with Crippen LogP contribution in [0.4, 0.5) is 0 Å². The second-order valence-corrected chi connectivity index (χ2v) is 6.37. The highest BCUT2D eigenvalue weighted by molar-refractivity contribution is 9.10. The first-order valence-corrected chi connectivity index (χ1v) is 7.70. The smallest absolute Gasteiger partial charge is 0.0406 e. The van der Waals surface area contributed by atoms with Gasteiger partial charge in [-0.2, -0.15) is 0 Å². The van der Waals surface area contributed by atoms with E-state index in [4.69, 9.17) is 17.3 Å². The molecular formula is C14H13BrClNS. The van der Waals surface area contributed by atoms with E-state index in [9.17, 15) is 0 Å². The van der Waals surface area contributed by atoms with Crippen molar-refractivity contribution in [3.05, 3.63) is 63.6 Å². The molecule has 0 aliphatic rings. The summed E-state index contributed by atoms with van der Waals surface area (Å²) in [4.78, 5) is 1.22. The number of hydrogen-bond acceptors (Lipinski definition) is 2. The first-order chi connectivity index (χ1) is 8.65. The zero-order valence-corrected chi connectivity index (χ0v) is 12.8. The molecule has 0 fully saturated rings. The molecule has 0 saturated heterocycles. The van der Waals surface area contributed by atoms with E-state index in [0.717, 1.165) is 20.8 Å². The second kappa shape index (κ2) is 6.62. The van der Waals surface area contributed by atoms with E-state index >= 15 is 0 Å². The van der Waals surface area contributed by atoms with Crippen LogP contribution in [0.25, 0.3) is 0 Å². The zero-order chi connectivity index (χ0) is 13.0. The number of halogens is 2. The van der Waals surface area contributed by atoms with Crippen molar-refractivity contribution in [2.45, 2.75) is 10.9 Å². The molecule has 1 nitrogen and oxygen atoms in total. The minimum atomic E-state index is 0.0197. The van der Waals surface area contributed by atoms with E-state index in [2.05, 4.69) is 28.1 Å². The molecule has 2 N–H and O–H groups in total. The Hall–Kier alpha value is -0.480. The Morgan fingerprint density at radius 1 is 1.17 bits per heavy atom. The van der Waals surface area contributed by atoms with Gasteiger partial charge >= 0.3 is 0 Å². The first-order valence-electron chi connectivity index (χ1n) is 5.54. The molecule has 0 heterocycles. The summed E-state index contributed by atoms with van der Waals surface area (Å²) in [5.41, 5.74) is 7.27. The Kier molecular flexibility index (Phi) is 5.13. The van der Waals surface area contributed by atoms with Crippen molar-refractivity contribution in [2.75, 3.05) is 5.75 Å². The normalized spacial score (nSPS) is 12.4. The second-order valence-electron chi connectivity index (χ2n) is 3.93. The summed E-state index contributed by atoms with van der Waals surface area (Å²) < 4.78 is 1.09. The molecule has 2 aromatic rings. The lowest BCUT2D eigenvalue weighted by molar-refractivity contribution is 0.831. The molecule has 18 heavy (non-hydrogen) atoms. The van der Waals surface area contributed by atoms with Gasteiger partial charge in [0.15, 0.2) is 0 Å². The van der Waals surface area contributed by atoms with Gasteiger partial charge in [-0.1, -0.05) is 45.7 Å². The predicted molar refractivity (Wildman–Crippen MR) is 83.2 cm³/mol. The molecule has 0 aliphatic heterocycles. The SMILES string of the molecule is NC(CSc1cccc(Br)c1)c1ccc(Cl)cc1. The van der Waals surface area contributed by atoms with Crippen molar-refractivity contribution < 1.29 is 0 Å². The lowest BCUT2D eigenvalue weighted by Gasteiger charge is -2.11. The summed E-state index contributed by atoms with van der Waals surface area (Å²) in [7, 11) is 0. The third-order valence-corrected chi connectivity index (χ3v) is 4.38. The van der Waals surface area contributed by atoms with Gasteiger partial charge < -0.3 is 5.73 Å². The van der Waals surface area contributed by atoms with Crippen molar-refractivity contribution >= 4 is 39.3 Å². The minimum absolute atomic E-state index is 0.0197. The molecule has 0 amide bonds. The number of nitrogens with two attached hydrogens (primary N) is 1. The zero-order valence-electron chi connectivity index (χ0n) is 9.64. The third-order valence-electron chi connectivity index (χ3n) is 2.52. The van der Waals surface area contributed by atoms with Crippen LogP contribution in [0, 0.1) is 0 Å². The number of thioether (sulfide) groups is 1. The van der Waals surface area contributed by atoms with Gasteiger partial charge in [0.2, 0.25) is 0 Å². The summed E-state index contributed by atoms with van der Waals surface area (Å²) in [6.07, 6.45) is 0. The van der Waals surface area contributed by atoms with Crippen LogP contribution >= 0.6 is 39.3 Å². The maximum atomic E-state index is 6.16. The minimum Gasteiger partial charge on any atom is -0.323 e. The van der Waals surface area contributed by atoms with Crippen LogP contribution in [0.5, 0.6) is 0 Å². The van der Waals surface area contributed by atoms with Crippen LogP contribution < -0.4 is 5.73 Å². The van der Waals surface area contributed by atoms with E-state index in [1.807, 2.05) is 36.4 Å². The summed E-state index contributed by atoms with van der Waals surface area (Å²) in [5.74, 6) is 0.845. The maximum Gasteiger partial charge on any atom is 0.0406 e. The molecule has 1 atom stereocenters. The summed E-state index contributed by atoms with van der Waals surface area (Å²) in [5, 5.41) is 0.741. The van der Waals surface area contributed by atoms with E-state index in [-0.39, 0.29) is 6.04 Å². The maximum absolute atomic E-state index is 6.16. The molecular weight excluding hydrogens is 330 g/mol. The van der Waals surface area contributed by atoms with Crippen LogP contribution in [0.2, 0.25) is 5.02 Å². The Labute approximate surface area is 125 Å². The Morgan fingerprint density at radius 3 is 2.56 bits per heavy atom. The molecule has 2 aromatic carbocycles. The van der Waals surface area contributed by atoms with E-state index in [0.29, 0.717) is 0 Å². The van der Waals surface area contributed by atoms with Crippen molar-refractivity contribution in [3.8, 4) is 0 Å². The van der Waals surface area contributed by atoms with Gasteiger partial charge in [0.1, 0.15) is 0 Å². The standard InChI is InChI=1S/C14H13BrClNS/c15-11-2-1-3-13(8-11)18-9-14(17)10-4-6-12(16)7-5-10/h1-8,14H,9,17H2. The molecule has 0 aromatic heterocycles. The van der Waals surface area contributed by atoms with Gasteiger partial charge in [-0.25, -0.2) is 0 Å². The fourth-order valence-corrected chi connectivity index (χ4v) is 3.18. The van der Waals surface area contributed by atoms with Gasteiger partial charge in [0.05, 0.1) is 0 Å². The average molecular weight is 343 g/mol. The third kappa shape index (κ3) is 4.02. The Bertz CT molecular complexity index is 515. The van der Waals surface area contributed by atoms with Gasteiger partial charge in [0, 0.05) is 26.2 Å². The fraction of sp³-hybridized carbons (Fsp3) is 0.143. The molecule has 0 spiro atoms. The quantitative estimate of drug-likeness (QED) is 0.800. The summed E-state index contributed by atoms with van der Waals surface area (Å²) in [6.45, 7) is 0. The Balaban J connectivity index is 1.96. The summed E-state index contributed by atoms with van der Waals surface area (Å²) in [6, 6.07) is 16.0. The largest absolute Gasteiger partial charge is 0.323 e. The van der Waals surface area contributed by atoms with Gasteiger partial charge in [-0.3, -0.25) is 0 Å². The van der Waals surface area contributed by atoms with Crippen LogP contribution in [-0.4, -0.2) is 5.75 Å². The number of hydrogen-bond donors (Lipinski definition) is 1. The first kappa shape index (κ1) is 13.9. The lowest BCUT2D eigenvalue weighted by atomic mass is 10.1. The predicted octanol–water partition coefficient (Wildman–Crippen LogP) is 4.89. The van der Waals surface area contributed by atoms with Crippen LogP contribution in [0.3, 0.4) is 0 Å². The van der Waals surface area contributed by atoms with E-state index in [1.165, 1.54) is 4.90 Å². The Morgan fingerprint density at radius 2 is 1.89 bits per heavy atom. The number of benzene rings is 2. The van der Waals surface area contributed by atoms with Gasteiger partial charge in [0.25, 0.3) is 0 Å². The van der Waals surface area contributed by atoms with Crippen molar-refractivity contribution in [1.82, 2.24) is 0 Å². The van der Waals surface area contributed by atoms with Crippen LogP contribution in [0.15, 0.2) is 57.9 Å². The molecule has 94 valence electrons. The van der Waals surface area contributed by atoms with Gasteiger partial charge in [-0.05, 0) is 35.9 Å². The molecule has 0 bridgehead atoms. The van der Waals surface area contributed by atoms with Crippen LogP contribution in [0.1, 0.15) is 11.6 Å².